The van der Waals surface area contributed by atoms with Crippen molar-refractivity contribution in [3.8, 4) is 0 Å². The molecular weight excluding hydrogens is 290 g/mol. The molecule has 0 aromatic rings. The lowest BCUT2D eigenvalue weighted by Gasteiger charge is -2.25. The van der Waals surface area contributed by atoms with Crippen molar-refractivity contribution in [2.24, 2.45) is 0 Å². The molecule has 1 heterocycles. The highest BCUT2D eigenvalue weighted by atomic mass is 32.2. The molecule has 1 aliphatic heterocycles. The molecule has 1 aliphatic rings. The van der Waals surface area contributed by atoms with Crippen LogP contribution in [0.2, 0.25) is 0 Å². The highest BCUT2D eigenvalue weighted by Gasteiger charge is 2.30. The summed E-state index contributed by atoms with van der Waals surface area (Å²) in [5.74, 6) is 1.16. The van der Waals surface area contributed by atoms with Crippen LogP contribution in [0.5, 0.6) is 0 Å². The molecule has 21 heavy (non-hydrogen) atoms. The number of hydrogen-bond donors (Lipinski definition) is 2. The summed E-state index contributed by atoms with van der Waals surface area (Å²) in [5, 5.41) is 18.2. The molecule has 0 radical (unpaired) electrons. The molecule has 2 N–H and O–H groups in total. The molecule has 0 aromatic heterocycles. The summed E-state index contributed by atoms with van der Waals surface area (Å²) in [6, 6.07) is 0.276. The second-order valence-corrected chi connectivity index (χ2v) is 6.75. The van der Waals surface area contributed by atoms with Crippen LogP contribution in [0.1, 0.15) is 51.9 Å². The number of nitrogens with zero attached hydrogens (tertiary/aromatic N) is 1. The molecule has 0 spiro atoms. The molecule has 0 bridgehead atoms. The van der Waals surface area contributed by atoms with Crippen molar-refractivity contribution in [2.45, 2.75) is 64.0 Å². The van der Waals surface area contributed by atoms with E-state index >= 15 is 0 Å². The van der Waals surface area contributed by atoms with E-state index in [9.17, 15) is 14.7 Å². The van der Waals surface area contributed by atoms with Gasteiger partial charge in [0.05, 0.1) is 6.10 Å². The minimum Gasteiger partial charge on any atom is -0.481 e. The Kier molecular flexibility index (Phi) is 8.76. The van der Waals surface area contributed by atoms with Crippen LogP contribution < -0.4 is 0 Å². The Morgan fingerprint density at radius 3 is 2.90 bits per heavy atom. The van der Waals surface area contributed by atoms with Gasteiger partial charge in [-0.25, -0.2) is 0 Å². The highest BCUT2D eigenvalue weighted by molar-refractivity contribution is 7.99. The smallest absolute Gasteiger partial charge is 0.303 e. The fourth-order valence-corrected chi connectivity index (χ4v) is 3.46. The second kappa shape index (κ2) is 10.1. The van der Waals surface area contributed by atoms with Crippen molar-refractivity contribution in [3.05, 3.63) is 0 Å². The summed E-state index contributed by atoms with van der Waals surface area (Å²) in [7, 11) is 0. The number of carbonyl (C=O) groups excluding carboxylic acids is 1. The molecule has 5 nitrogen and oxygen atoms in total. The molecule has 0 unspecified atom stereocenters. The van der Waals surface area contributed by atoms with Crippen molar-refractivity contribution >= 4 is 23.6 Å². The van der Waals surface area contributed by atoms with Crippen LogP contribution in [0.3, 0.4) is 0 Å². The van der Waals surface area contributed by atoms with Gasteiger partial charge in [0.1, 0.15) is 0 Å². The van der Waals surface area contributed by atoms with Gasteiger partial charge in [-0.05, 0) is 37.9 Å². The van der Waals surface area contributed by atoms with Crippen LogP contribution >= 0.6 is 11.8 Å². The van der Waals surface area contributed by atoms with Gasteiger partial charge in [-0.2, -0.15) is 11.8 Å². The zero-order valence-electron chi connectivity index (χ0n) is 12.8. The van der Waals surface area contributed by atoms with Gasteiger partial charge in [0, 0.05) is 31.2 Å². The van der Waals surface area contributed by atoms with Crippen LogP contribution in [-0.4, -0.2) is 57.2 Å². The van der Waals surface area contributed by atoms with Crippen molar-refractivity contribution in [1.82, 2.24) is 4.90 Å². The van der Waals surface area contributed by atoms with Crippen LogP contribution in [-0.2, 0) is 9.59 Å². The van der Waals surface area contributed by atoms with Crippen LogP contribution in [0, 0.1) is 0 Å². The lowest BCUT2D eigenvalue weighted by atomic mass is 10.0. The maximum absolute atomic E-state index is 11.9. The van der Waals surface area contributed by atoms with E-state index in [0.717, 1.165) is 43.7 Å². The van der Waals surface area contributed by atoms with Gasteiger partial charge in [0.2, 0.25) is 5.91 Å². The minimum atomic E-state index is -0.750. The number of rotatable bonds is 11. The predicted molar refractivity (Wildman–Crippen MR) is 84.5 cm³/mol. The molecule has 0 aromatic carbocycles. The fraction of sp³-hybridized carbons (Fsp3) is 0.867. The van der Waals surface area contributed by atoms with Gasteiger partial charge < -0.3 is 15.1 Å². The summed E-state index contributed by atoms with van der Waals surface area (Å²) >= 11 is 1.71. The van der Waals surface area contributed by atoms with Gasteiger partial charge in [-0.1, -0.05) is 6.92 Å². The number of hydrogen-bond acceptors (Lipinski definition) is 4. The largest absolute Gasteiger partial charge is 0.481 e. The monoisotopic (exact) mass is 317 g/mol. The summed E-state index contributed by atoms with van der Waals surface area (Å²) in [4.78, 5) is 24.2. The third-order valence-electron chi connectivity index (χ3n) is 3.91. The maximum Gasteiger partial charge on any atom is 0.303 e. The second-order valence-electron chi connectivity index (χ2n) is 5.53. The maximum atomic E-state index is 11.9. The van der Waals surface area contributed by atoms with Gasteiger partial charge in [-0.3, -0.25) is 9.59 Å². The van der Waals surface area contributed by atoms with Crippen molar-refractivity contribution < 1.29 is 19.8 Å². The van der Waals surface area contributed by atoms with Crippen molar-refractivity contribution in [3.63, 3.8) is 0 Å². The molecule has 1 amide bonds. The number of thioether (sulfide) groups is 1. The predicted octanol–water partition coefficient (Wildman–Crippen LogP) is 2.13. The van der Waals surface area contributed by atoms with Gasteiger partial charge in [0.15, 0.2) is 0 Å². The van der Waals surface area contributed by atoms with E-state index in [1.807, 2.05) is 11.8 Å². The third-order valence-corrected chi connectivity index (χ3v) is 4.96. The Morgan fingerprint density at radius 1 is 1.48 bits per heavy atom. The molecule has 1 saturated heterocycles. The molecule has 2 atom stereocenters. The van der Waals surface area contributed by atoms with E-state index in [4.69, 9.17) is 5.11 Å². The zero-order chi connectivity index (χ0) is 15.7. The van der Waals surface area contributed by atoms with Gasteiger partial charge >= 0.3 is 5.97 Å². The number of aliphatic hydroxyl groups excluding tert-OH is 1. The first-order valence-corrected chi connectivity index (χ1v) is 8.97. The minimum absolute atomic E-state index is 0.215. The molecule has 122 valence electrons. The normalized spacial score (nSPS) is 20.0. The molecule has 6 heteroatoms. The summed E-state index contributed by atoms with van der Waals surface area (Å²) in [6.07, 6.45) is 4.57. The van der Waals surface area contributed by atoms with E-state index in [-0.39, 0.29) is 24.5 Å². The Balaban J connectivity index is 2.20. The molecule has 1 rings (SSSR count). The Hall–Kier alpha value is -0.750. The average molecular weight is 317 g/mol. The van der Waals surface area contributed by atoms with Crippen molar-refractivity contribution in [1.29, 1.82) is 0 Å². The van der Waals surface area contributed by atoms with E-state index in [2.05, 4.69) is 0 Å². The van der Waals surface area contributed by atoms with Crippen LogP contribution in [0.15, 0.2) is 0 Å². The Bertz CT molecular complexity index is 338. The van der Waals surface area contributed by atoms with Crippen LogP contribution in [0.25, 0.3) is 0 Å². The summed E-state index contributed by atoms with van der Waals surface area (Å²) < 4.78 is 0. The lowest BCUT2D eigenvalue weighted by molar-refractivity contribution is -0.137. The van der Waals surface area contributed by atoms with Gasteiger partial charge in [-0.15, -0.1) is 0 Å². The topological polar surface area (TPSA) is 77.8 Å². The lowest BCUT2D eigenvalue weighted by Crippen LogP contribution is -2.35. The Morgan fingerprint density at radius 2 is 2.24 bits per heavy atom. The van der Waals surface area contributed by atoms with Crippen molar-refractivity contribution in [2.75, 3.05) is 18.1 Å². The molecule has 1 fully saturated rings. The average Bonchev–Trinajstić information content (AvgIpc) is 2.80. The standard InChI is InChI=1S/C15H27NO4S/c1-2-13(17)7-5-12-6-8-14(18)16(12)9-11-21-10-3-4-15(19)20/h12-13,17H,2-11H2,1H3,(H,19,20)/t12-,13-/m0/s1. The van der Waals surface area contributed by atoms with Crippen LogP contribution in [0.4, 0.5) is 0 Å². The van der Waals surface area contributed by atoms with E-state index < -0.39 is 5.97 Å². The number of aliphatic carboxylic acids is 1. The number of amides is 1. The number of likely N-dealkylation sites (tertiary alicyclic amines) is 1. The number of carboxylic acids is 1. The summed E-state index contributed by atoms with van der Waals surface area (Å²) in [5.41, 5.74) is 0. The first-order valence-electron chi connectivity index (χ1n) is 7.81. The molecule has 0 saturated carbocycles. The number of carbonyl (C=O) groups is 2. The number of carboxylic acid groups (broad SMARTS) is 1. The quantitative estimate of drug-likeness (QED) is 0.571. The van der Waals surface area contributed by atoms with E-state index in [1.165, 1.54) is 0 Å². The van der Waals surface area contributed by atoms with Gasteiger partial charge in [0.25, 0.3) is 0 Å². The Labute approximate surface area is 131 Å². The summed E-state index contributed by atoms with van der Waals surface area (Å²) in [6.45, 7) is 2.71. The first kappa shape index (κ1) is 18.3. The highest BCUT2D eigenvalue weighted by Crippen LogP contribution is 2.24. The molecular formula is C15H27NO4S. The SMILES string of the molecule is CC[C@H](O)CC[C@H]1CCC(=O)N1CCSCCCC(=O)O. The molecule has 0 aliphatic carbocycles. The third kappa shape index (κ3) is 7.18. The first-order chi connectivity index (χ1) is 10.0. The zero-order valence-corrected chi connectivity index (χ0v) is 13.6. The number of aliphatic hydroxyl groups is 1. The van der Waals surface area contributed by atoms with E-state index in [1.54, 1.807) is 11.8 Å². The fourth-order valence-electron chi connectivity index (χ4n) is 2.58. The van der Waals surface area contributed by atoms with E-state index in [0.29, 0.717) is 12.8 Å².